The Morgan fingerprint density at radius 2 is 1.80 bits per heavy atom. The molecular weight excluding hydrogens is 216 g/mol. The van der Waals surface area contributed by atoms with Gasteiger partial charge in [0, 0.05) is 11.8 Å². The highest BCUT2D eigenvalue weighted by atomic mass is 35.5. The molecule has 0 fully saturated rings. The quantitative estimate of drug-likeness (QED) is 0.773. The molecule has 0 aliphatic carbocycles. The molecule has 0 saturated heterocycles. The van der Waals surface area contributed by atoms with Crippen molar-refractivity contribution in [1.29, 1.82) is 0 Å². The molecule has 1 heterocycles. The lowest BCUT2D eigenvalue weighted by Gasteiger charge is -1.98. The molecule has 0 radical (unpaired) electrons. The fourth-order valence-electron chi connectivity index (χ4n) is 1.21. The van der Waals surface area contributed by atoms with Gasteiger partial charge in [-0.1, -0.05) is 12.1 Å². The minimum absolute atomic E-state index is 0. The molecule has 0 spiro atoms. The van der Waals surface area contributed by atoms with Crippen molar-refractivity contribution in [1.82, 2.24) is 10.2 Å². The fourth-order valence-corrected chi connectivity index (χ4v) is 1.21. The highest BCUT2D eigenvalue weighted by Crippen LogP contribution is 2.17. The molecule has 2 rings (SSSR count). The van der Waals surface area contributed by atoms with Gasteiger partial charge in [-0.3, -0.25) is 4.79 Å². The van der Waals surface area contributed by atoms with Crippen molar-refractivity contribution in [3.05, 3.63) is 46.9 Å². The third-order valence-electron chi connectivity index (χ3n) is 1.90. The van der Waals surface area contributed by atoms with Gasteiger partial charge in [-0.25, -0.2) is 5.10 Å². The van der Waals surface area contributed by atoms with Crippen molar-refractivity contribution in [2.24, 2.45) is 0 Å². The van der Waals surface area contributed by atoms with E-state index in [4.69, 9.17) is 5.11 Å². The summed E-state index contributed by atoms with van der Waals surface area (Å²) in [5.74, 6) is 0.180. The second kappa shape index (κ2) is 4.61. The lowest BCUT2D eigenvalue weighted by molar-refractivity contribution is 0.475. The molecule has 0 amide bonds. The van der Waals surface area contributed by atoms with Gasteiger partial charge in [-0.05, 0) is 23.8 Å². The maximum absolute atomic E-state index is 11.3. The molecule has 4 nitrogen and oxygen atoms in total. The number of rotatable bonds is 1. The summed E-state index contributed by atoms with van der Waals surface area (Å²) in [6.45, 7) is 0. The van der Waals surface area contributed by atoms with Crippen LogP contribution in [0.1, 0.15) is 0 Å². The van der Waals surface area contributed by atoms with Gasteiger partial charge in [-0.2, -0.15) is 5.10 Å². The highest BCUT2D eigenvalue weighted by Gasteiger charge is 2.01. The molecule has 0 unspecified atom stereocenters. The third-order valence-corrected chi connectivity index (χ3v) is 1.90. The number of benzene rings is 1. The van der Waals surface area contributed by atoms with E-state index < -0.39 is 0 Å². The van der Waals surface area contributed by atoms with Crippen LogP contribution in [0.2, 0.25) is 0 Å². The molecule has 78 valence electrons. The van der Waals surface area contributed by atoms with Crippen molar-refractivity contribution in [3.63, 3.8) is 0 Å². The van der Waals surface area contributed by atoms with E-state index >= 15 is 0 Å². The molecule has 0 aliphatic heterocycles. The number of aromatic nitrogens is 2. The Morgan fingerprint density at radius 3 is 2.40 bits per heavy atom. The van der Waals surface area contributed by atoms with E-state index in [-0.39, 0.29) is 23.7 Å². The fraction of sp³-hybridized carbons (Fsp3) is 0. The first-order chi connectivity index (χ1) is 6.77. The van der Waals surface area contributed by atoms with E-state index in [1.54, 1.807) is 18.2 Å². The van der Waals surface area contributed by atoms with E-state index in [9.17, 15) is 4.79 Å². The van der Waals surface area contributed by atoms with Crippen LogP contribution in [0.5, 0.6) is 5.75 Å². The van der Waals surface area contributed by atoms with Crippen LogP contribution < -0.4 is 5.56 Å². The van der Waals surface area contributed by atoms with Gasteiger partial charge in [0.15, 0.2) is 0 Å². The van der Waals surface area contributed by atoms with Crippen molar-refractivity contribution in [2.45, 2.75) is 0 Å². The second-order valence-electron chi connectivity index (χ2n) is 2.85. The second-order valence-corrected chi connectivity index (χ2v) is 2.85. The lowest BCUT2D eigenvalue weighted by Crippen LogP contribution is -2.09. The van der Waals surface area contributed by atoms with E-state index in [0.717, 1.165) is 5.56 Å². The summed E-state index contributed by atoms with van der Waals surface area (Å²) in [7, 11) is 0. The van der Waals surface area contributed by atoms with Crippen molar-refractivity contribution >= 4 is 12.4 Å². The first-order valence-corrected chi connectivity index (χ1v) is 4.10. The Bertz CT molecular complexity index is 493. The maximum atomic E-state index is 11.3. The van der Waals surface area contributed by atoms with Crippen molar-refractivity contribution in [2.75, 3.05) is 0 Å². The van der Waals surface area contributed by atoms with Crippen LogP contribution in [0, 0.1) is 0 Å². The van der Waals surface area contributed by atoms with Crippen LogP contribution in [0.3, 0.4) is 0 Å². The summed E-state index contributed by atoms with van der Waals surface area (Å²) in [5, 5.41) is 15.0. The standard InChI is InChI=1S/C10H8N2O2.ClH/c13-8-3-1-7(2-4-8)9-5-6-11-12-10(9)14;/h1-6,13H,(H,12,14);1H. The van der Waals surface area contributed by atoms with Crippen LogP contribution >= 0.6 is 12.4 Å². The number of phenols is 1. The van der Waals surface area contributed by atoms with E-state index in [0.29, 0.717) is 5.56 Å². The van der Waals surface area contributed by atoms with Gasteiger partial charge in [0.1, 0.15) is 5.75 Å². The largest absolute Gasteiger partial charge is 0.508 e. The van der Waals surface area contributed by atoms with Gasteiger partial charge >= 0.3 is 0 Å². The number of nitrogens with one attached hydrogen (secondary N) is 1. The first kappa shape index (κ1) is 11.3. The Labute approximate surface area is 92.0 Å². The van der Waals surface area contributed by atoms with Gasteiger partial charge in [0.05, 0.1) is 0 Å². The van der Waals surface area contributed by atoms with Crippen molar-refractivity contribution < 1.29 is 5.11 Å². The van der Waals surface area contributed by atoms with Gasteiger partial charge in [0.25, 0.3) is 5.56 Å². The zero-order chi connectivity index (χ0) is 9.97. The first-order valence-electron chi connectivity index (χ1n) is 4.10. The number of hydrogen-bond donors (Lipinski definition) is 2. The number of halogens is 1. The molecule has 2 N–H and O–H groups in total. The summed E-state index contributed by atoms with van der Waals surface area (Å²) < 4.78 is 0. The predicted molar refractivity (Wildman–Crippen MR) is 59.2 cm³/mol. The molecule has 1 aromatic heterocycles. The smallest absolute Gasteiger partial charge is 0.272 e. The minimum Gasteiger partial charge on any atom is -0.508 e. The number of hydrogen-bond acceptors (Lipinski definition) is 3. The maximum Gasteiger partial charge on any atom is 0.272 e. The molecule has 15 heavy (non-hydrogen) atoms. The normalized spacial score (nSPS) is 9.33. The molecule has 1 aromatic carbocycles. The predicted octanol–water partition coefficient (Wildman–Crippen LogP) is 1.56. The van der Waals surface area contributed by atoms with Gasteiger partial charge in [0.2, 0.25) is 0 Å². The Hall–Kier alpha value is -1.81. The zero-order valence-electron chi connectivity index (χ0n) is 7.68. The van der Waals surface area contributed by atoms with Gasteiger partial charge in [-0.15, -0.1) is 12.4 Å². The van der Waals surface area contributed by atoms with E-state index in [2.05, 4.69) is 10.2 Å². The van der Waals surface area contributed by atoms with Crippen LogP contribution in [-0.4, -0.2) is 15.3 Å². The Kier molecular flexibility index (Phi) is 3.46. The molecule has 2 aromatic rings. The molecule has 0 atom stereocenters. The van der Waals surface area contributed by atoms with Crippen molar-refractivity contribution in [3.8, 4) is 16.9 Å². The third kappa shape index (κ3) is 2.35. The lowest BCUT2D eigenvalue weighted by atomic mass is 10.1. The number of phenolic OH excluding ortho intramolecular Hbond substituents is 1. The van der Waals surface area contributed by atoms with Crippen LogP contribution in [0.25, 0.3) is 11.1 Å². The summed E-state index contributed by atoms with van der Waals surface area (Å²) in [6, 6.07) is 8.06. The molecular formula is C10H9ClN2O2. The monoisotopic (exact) mass is 224 g/mol. The number of aromatic amines is 1. The Morgan fingerprint density at radius 1 is 1.13 bits per heavy atom. The summed E-state index contributed by atoms with van der Waals surface area (Å²) in [5.41, 5.74) is 1.06. The van der Waals surface area contributed by atoms with Crippen LogP contribution in [0.15, 0.2) is 41.3 Å². The highest BCUT2D eigenvalue weighted by molar-refractivity contribution is 5.85. The summed E-state index contributed by atoms with van der Waals surface area (Å²) in [6.07, 6.45) is 1.52. The number of aromatic hydroxyl groups is 1. The zero-order valence-corrected chi connectivity index (χ0v) is 8.49. The molecule has 0 bridgehead atoms. The summed E-state index contributed by atoms with van der Waals surface area (Å²) in [4.78, 5) is 11.3. The Balaban J connectivity index is 0.00000112. The van der Waals surface area contributed by atoms with Crippen LogP contribution in [0.4, 0.5) is 0 Å². The molecule has 5 heteroatoms. The SMILES string of the molecule is Cl.O=c1[nH]nccc1-c1ccc(O)cc1. The number of nitrogens with zero attached hydrogens (tertiary/aromatic N) is 1. The minimum atomic E-state index is -0.238. The summed E-state index contributed by atoms with van der Waals surface area (Å²) >= 11 is 0. The molecule has 0 aliphatic rings. The average molecular weight is 225 g/mol. The topological polar surface area (TPSA) is 66.0 Å². The number of H-pyrrole nitrogens is 1. The average Bonchev–Trinajstić information content (AvgIpc) is 2.20. The van der Waals surface area contributed by atoms with Crippen LogP contribution in [-0.2, 0) is 0 Å². The molecule has 0 saturated carbocycles. The van der Waals surface area contributed by atoms with E-state index in [1.165, 1.54) is 18.3 Å². The van der Waals surface area contributed by atoms with E-state index in [1.807, 2.05) is 0 Å². The van der Waals surface area contributed by atoms with Gasteiger partial charge < -0.3 is 5.11 Å².